The smallest absolute Gasteiger partial charge is 0.344 e. The van der Waals surface area contributed by atoms with Crippen LogP contribution in [0.3, 0.4) is 0 Å². The summed E-state index contributed by atoms with van der Waals surface area (Å²) in [6.45, 7) is 1.29. The lowest BCUT2D eigenvalue weighted by Gasteiger charge is -2.27. The van der Waals surface area contributed by atoms with Gasteiger partial charge in [-0.1, -0.05) is 6.07 Å². The van der Waals surface area contributed by atoms with Gasteiger partial charge in [0.2, 0.25) is 11.8 Å². The van der Waals surface area contributed by atoms with E-state index in [1.54, 1.807) is 0 Å². The first-order chi connectivity index (χ1) is 11.8. The maximum atomic E-state index is 12.7. The third-order valence-corrected chi connectivity index (χ3v) is 4.08. The molecule has 1 fully saturated rings. The zero-order chi connectivity index (χ0) is 18.3. The van der Waals surface area contributed by atoms with Crippen LogP contribution in [0.2, 0.25) is 0 Å². The van der Waals surface area contributed by atoms with Gasteiger partial charge >= 0.3 is 5.97 Å². The molecule has 0 saturated carbocycles. The minimum Gasteiger partial charge on any atom is -0.479 e. The third kappa shape index (κ3) is 2.73. The highest BCUT2D eigenvalue weighted by Crippen LogP contribution is 2.34. The second-order valence-electron chi connectivity index (χ2n) is 5.72. The second-order valence-corrected chi connectivity index (χ2v) is 5.72. The first kappa shape index (κ1) is 16.6. The van der Waals surface area contributed by atoms with Gasteiger partial charge in [0.15, 0.2) is 6.10 Å². The van der Waals surface area contributed by atoms with Crippen molar-refractivity contribution < 1.29 is 33.8 Å². The van der Waals surface area contributed by atoms with Crippen LogP contribution in [0.25, 0.3) is 0 Å². The van der Waals surface area contributed by atoms with Gasteiger partial charge in [0.05, 0.1) is 11.1 Å². The number of carbonyl (C=O) groups is 5. The molecular weight excluding hydrogens is 332 g/mol. The summed E-state index contributed by atoms with van der Waals surface area (Å²) in [6.07, 6.45) is -1.17. The van der Waals surface area contributed by atoms with Gasteiger partial charge in [0, 0.05) is 6.42 Å². The molecule has 4 amide bonds. The minimum absolute atomic E-state index is 0.0171. The van der Waals surface area contributed by atoms with E-state index in [2.05, 4.69) is 5.32 Å². The van der Waals surface area contributed by atoms with Crippen LogP contribution in [0.5, 0.6) is 5.75 Å². The van der Waals surface area contributed by atoms with Crippen LogP contribution in [-0.4, -0.2) is 51.8 Å². The van der Waals surface area contributed by atoms with Crippen molar-refractivity contribution in [2.24, 2.45) is 0 Å². The number of ether oxygens (including phenoxy) is 1. The molecule has 0 radical (unpaired) electrons. The van der Waals surface area contributed by atoms with E-state index in [0.717, 1.165) is 4.90 Å². The predicted molar refractivity (Wildman–Crippen MR) is 80.8 cm³/mol. The van der Waals surface area contributed by atoms with Crippen LogP contribution in [0, 0.1) is 0 Å². The zero-order valence-corrected chi connectivity index (χ0v) is 13.1. The topological polar surface area (TPSA) is 130 Å². The molecule has 2 aliphatic heterocycles. The quantitative estimate of drug-likeness (QED) is 0.730. The molecule has 1 aromatic rings. The summed E-state index contributed by atoms with van der Waals surface area (Å²) in [7, 11) is 0. The van der Waals surface area contributed by atoms with Gasteiger partial charge in [-0.2, -0.15) is 0 Å². The molecule has 9 heteroatoms. The summed E-state index contributed by atoms with van der Waals surface area (Å²) >= 11 is 0. The molecule has 25 heavy (non-hydrogen) atoms. The van der Waals surface area contributed by atoms with Crippen molar-refractivity contribution in [3.63, 3.8) is 0 Å². The summed E-state index contributed by atoms with van der Waals surface area (Å²) in [5.41, 5.74) is -0.0462. The molecule has 2 aliphatic rings. The van der Waals surface area contributed by atoms with Crippen molar-refractivity contribution in [2.45, 2.75) is 31.9 Å². The van der Waals surface area contributed by atoms with Crippen molar-refractivity contribution in [1.29, 1.82) is 0 Å². The van der Waals surface area contributed by atoms with Gasteiger partial charge in [-0.05, 0) is 25.5 Å². The Hall–Kier alpha value is -3.23. The maximum absolute atomic E-state index is 12.7. The van der Waals surface area contributed by atoms with Crippen molar-refractivity contribution >= 4 is 29.6 Å². The minimum atomic E-state index is -1.23. The highest BCUT2D eigenvalue weighted by molar-refractivity contribution is 6.24. The van der Waals surface area contributed by atoms with E-state index in [9.17, 15) is 24.0 Å². The summed E-state index contributed by atoms with van der Waals surface area (Å²) in [4.78, 5) is 60.3. The van der Waals surface area contributed by atoms with Gasteiger partial charge in [-0.15, -0.1) is 0 Å². The highest BCUT2D eigenvalue weighted by atomic mass is 16.5. The van der Waals surface area contributed by atoms with Crippen molar-refractivity contribution in [1.82, 2.24) is 10.2 Å². The second kappa shape index (κ2) is 6.00. The normalized spacial score (nSPS) is 21.0. The molecule has 1 aromatic carbocycles. The summed E-state index contributed by atoms with van der Waals surface area (Å²) in [6, 6.07) is 3.16. The van der Waals surface area contributed by atoms with E-state index in [4.69, 9.17) is 9.84 Å². The van der Waals surface area contributed by atoms with Gasteiger partial charge in [-0.25, -0.2) is 4.79 Å². The third-order valence-electron chi connectivity index (χ3n) is 4.08. The van der Waals surface area contributed by atoms with Crippen LogP contribution < -0.4 is 10.1 Å². The fourth-order valence-corrected chi connectivity index (χ4v) is 2.82. The summed E-state index contributed by atoms with van der Waals surface area (Å²) in [5, 5.41) is 11.1. The molecule has 1 saturated heterocycles. The number of piperidine rings is 1. The summed E-state index contributed by atoms with van der Waals surface area (Å²) in [5.74, 6) is -3.87. The van der Waals surface area contributed by atoms with E-state index < -0.39 is 41.7 Å². The Balaban J connectivity index is 1.95. The molecule has 1 unspecified atom stereocenters. The van der Waals surface area contributed by atoms with Crippen LogP contribution in [-0.2, 0) is 14.4 Å². The number of rotatable bonds is 4. The molecule has 0 spiro atoms. The molecule has 2 atom stereocenters. The Morgan fingerprint density at radius 1 is 1.28 bits per heavy atom. The van der Waals surface area contributed by atoms with E-state index in [-0.39, 0.29) is 29.7 Å². The fraction of sp³-hybridized carbons (Fsp3) is 0.312. The van der Waals surface area contributed by atoms with Crippen LogP contribution in [0.1, 0.15) is 40.5 Å². The molecule has 0 aromatic heterocycles. The first-order valence-corrected chi connectivity index (χ1v) is 7.55. The number of amides is 4. The number of carboxylic acids is 1. The van der Waals surface area contributed by atoms with E-state index in [0.29, 0.717) is 0 Å². The van der Waals surface area contributed by atoms with E-state index >= 15 is 0 Å². The Morgan fingerprint density at radius 3 is 2.64 bits per heavy atom. The standard InChI is InChI=1S/C16H14N2O7/c1-7(16(23)24)25-10-4-2-3-8-12(10)15(22)18(14(8)21)9-5-6-11(19)17-13(9)20/h2-4,7,9H,5-6H2,1H3,(H,23,24)(H,17,19,20)/t7?,9-/m0/s1. The molecule has 2 heterocycles. The highest BCUT2D eigenvalue weighted by Gasteiger charge is 2.46. The Kier molecular flexibility index (Phi) is 3.99. The number of nitrogens with zero attached hydrogens (tertiary/aromatic N) is 1. The van der Waals surface area contributed by atoms with Crippen molar-refractivity contribution in [3.05, 3.63) is 29.3 Å². The van der Waals surface area contributed by atoms with Crippen molar-refractivity contribution in [2.75, 3.05) is 0 Å². The Labute approximate surface area is 141 Å². The lowest BCUT2D eigenvalue weighted by Crippen LogP contribution is -2.54. The molecular formula is C16H14N2O7. The zero-order valence-electron chi connectivity index (χ0n) is 13.1. The first-order valence-electron chi connectivity index (χ1n) is 7.55. The van der Waals surface area contributed by atoms with Gasteiger partial charge in [0.1, 0.15) is 11.8 Å². The van der Waals surface area contributed by atoms with E-state index in [1.807, 2.05) is 0 Å². The van der Waals surface area contributed by atoms with Crippen molar-refractivity contribution in [3.8, 4) is 5.75 Å². The number of hydrogen-bond acceptors (Lipinski definition) is 6. The lowest BCUT2D eigenvalue weighted by atomic mass is 10.0. The van der Waals surface area contributed by atoms with Gasteiger partial charge in [-0.3, -0.25) is 29.4 Å². The number of benzene rings is 1. The van der Waals surface area contributed by atoms with Gasteiger partial charge in [0.25, 0.3) is 11.8 Å². The van der Waals surface area contributed by atoms with Crippen LogP contribution >= 0.6 is 0 Å². The molecule has 0 bridgehead atoms. The predicted octanol–water partition coefficient (Wildman–Crippen LogP) is -0.0603. The maximum Gasteiger partial charge on any atom is 0.344 e. The molecule has 2 N–H and O–H groups in total. The number of imide groups is 2. The molecule has 3 rings (SSSR count). The van der Waals surface area contributed by atoms with Crippen LogP contribution in [0.15, 0.2) is 18.2 Å². The van der Waals surface area contributed by atoms with E-state index in [1.165, 1.54) is 25.1 Å². The monoisotopic (exact) mass is 346 g/mol. The molecule has 0 aliphatic carbocycles. The Morgan fingerprint density at radius 2 is 2.00 bits per heavy atom. The number of carbonyl (C=O) groups excluding carboxylic acids is 4. The fourth-order valence-electron chi connectivity index (χ4n) is 2.82. The number of carboxylic acid groups (broad SMARTS) is 1. The number of nitrogens with one attached hydrogen (secondary N) is 1. The number of hydrogen-bond donors (Lipinski definition) is 2. The largest absolute Gasteiger partial charge is 0.479 e. The molecule has 9 nitrogen and oxygen atoms in total. The SMILES string of the molecule is CC(Oc1cccc2c1C(=O)N([C@H]1CCC(=O)NC1=O)C2=O)C(=O)O. The number of fused-ring (bicyclic) bond motifs is 1. The van der Waals surface area contributed by atoms with Crippen LogP contribution in [0.4, 0.5) is 0 Å². The Bertz CT molecular complexity index is 817. The summed E-state index contributed by atoms with van der Waals surface area (Å²) < 4.78 is 5.26. The average Bonchev–Trinajstić information content (AvgIpc) is 2.80. The lowest BCUT2D eigenvalue weighted by molar-refractivity contribution is -0.144. The molecule has 130 valence electrons. The van der Waals surface area contributed by atoms with Gasteiger partial charge < -0.3 is 9.84 Å². The number of aliphatic carboxylic acids is 1. The average molecular weight is 346 g/mol.